The number of aromatic nitrogens is 2. The lowest BCUT2D eigenvalue weighted by atomic mass is 10.1. The summed E-state index contributed by atoms with van der Waals surface area (Å²) in [5, 5.41) is 4.68. The van der Waals surface area contributed by atoms with Gasteiger partial charge in [0.2, 0.25) is 0 Å². The summed E-state index contributed by atoms with van der Waals surface area (Å²) in [5.41, 5.74) is 0.719. The summed E-state index contributed by atoms with van der Waals surface area (Å²) < 4.78 is 48.4. The molecule has 1 aromatic carbocycles. The van der Waals surface area contributed by atoms with Gasteiger partial charge in [0.1, 0.15) is 11.4 Å². The first-order valence-corrected chi connectivity index (χ1v) is 10.5. The van der Waals surface area contributed by atoms with Crippen molar-refractivity contribution in [1.29, 1.82) is 0 Å². The molecule has 10 heteroatoms. The predicted octanol–water partition coefficient (Wildman–Crippen LogP) is 4.67. The molecule has 0 unspecified atom stereocenters. The van der Waals surface area contributed by atoms with Gasteiger partial charge in [-0.15, -0.1) is 13.2 Å². The van der Waals surface area contributed by atoms with Crippen LogP contribution in [0.4, 0.5) is 23.8 Å². The van der Waals surface area contributed by atoms with Gasteiger partial charge in [0.25, 0.3) is 0 Å². The molecular weight excluding hydrogens is 425 g/mol. The fourth-order valence-corrected chi connectivity index (χ4v) is 4.01. The normalized spacial score (nSPS) is 18.1. The minimum Gasteiger partial charge on any atom is -0.444 e. The van der Waals surface area contributed by atoms with E-state index in [2.05, 4.69) is 14.7 Å². The van der Waals surface area contributed by atoms with Crippen LogP contribution < -0.4 is 9.64 Å². The Balaban J connectivity index is 1.48. The molecule has 4 rings (SSSR count). The highest BCUT2D eigenvalue weighted by Gasteiger charge is 2.54. The van der Waals surface area contributed by atoms with Crippen LogP contribution in [-0.2, 0) is 4.74 Å². The Morgan fingerprint density at radius 3 is 2.31 bits per heavy atom. The Labute approximate surface area is 184 Å². The maximum atomic E-state index is 12.7. The minimum absolute atomic E-state index is 0.227. The monoisotopic (exact) mass is 452 g/mol. The molecule has 1 aliphatic carbocycles. The van der Waals surface area contributed by atoms with Crippen molar-refractivity contribution in [2.75, 3.05) is 24.5 Å². The fourth-order valence-electron chi connectivity index (χ4n) is 4.01. The van der Waals surface area contributed by atoms with Gasteiger partial charge >= 0.3 is 12.5 Å². The van der Waals surface area contributed by atoms with Crippen molar-refractivity contribution >= 4 is 11.9 Å². The van der Waals surface area contributed by atoms with Gasteiger partial charge in [-0.1, -0.05) is 0 Å². The maximum Gasteiger partial charge on any atom is 0.573 e. The predicted molar refractivity (Wildman–Crippen MR) is 112 cm³/mol. The topological polar surface area (TPSA) is 59.8 Å². The Hall–Kier alpha value is -2.91. The van der Waals surface area contributed by atoms with Gasteiger partial charge < -0.3 is 14.4 Å². The minimum atomic E-state index is -4.73. The van der Waals surface area contributed by atoms with Gasteiger partial charge in [0.05, 0.1) is 11.2 Å². The van der Waals surface area contributed by atoms with Crippen LogP contribution in [0, 0.1) is 6.92 Å². The zero-order chi connectivity index (χ0) is 23.3. The second kappa shape index (κ2) is 7.60. The van der Waals surface area contributed by atoms with Gasteiger partial charge in [-0.25, -0.2) is 9.48 Å². The number of benzene rings is 1. The van der Waals surface area contributed by atoms with Crippen molar-refractivity contribution in [3.8, 4) is 11.4 Å². The first kappa shape index (κ1) is 22.3. The number of ether oxygens (including phenoxy) is 2. The van der Waals surface area contributed by atoms with Gasteiger partial charge in [0, 0.05) is 31.4 Å². The zero-order valence-electron chi connectivity index (χ0n) is 18.6. The van der Waals surface area contributed by atoms with Gasteiger partial charge in [-0.2, -0.15) is 5.10 Å². The van der Waals surface area contributed by atoms with E-state index in [0.29, 0.717) is 25.3 Å². The summed E-state index contributed by atoms with van der Waals surface area (Å²) in [5.74, 6) is 0.494. The smallest absolute Gasteiger partial charge is 0.444 e. The SMILES string of the molecule is Cc1cc(N2CCN(C(=O)OC(C)(C)C)C3(CC3)C2)nn1-c1ccc(OC(F)(F)F)cc1. The first-order valence-electron chi connectivity index (χ1n) is 10.5. The number of carbonyl (C=O) groups excluding carboxylic acids is 1. The summed E-state index contributed by atoms with van der Waals surface area (Å²) >= 11 is 0. The number of halogens is 3. The number of rotatable bonds is 3. The molecular formula is C22H27F3N4O3. The van der Waals surface area contributed by atoms with Crippen molar-refractivity contribution in [3.05, 3.63) is 36.0 Å². The number of nitrogens with zero attached hydrogens (tertiary/aromatic N) is 4. The summed E-state index contributed by atoms with van der Waals surface area (Å²) in [6.45, 7) is 9.30. The highest BCUT2D eigenvalue weighted by atomic mass is 19.4. The third-order valence-electron chi connectivity index (χ3n) is 5.61. The lowest BCUT2D eigenvalue weighted by Gasteiger charge is -2.42. The van der Waals surface area contributed by atoms with E-state index in [-0.39, 0.29) is 17.4 Å². The standard InChI is InChI=1S/C22H27F3N4O3/c1-15-13-18(26-29(15)16-5-7-17(8-6-16)31-22(23,24)25)27-11-12-28(21(14-27)9-10-21)19(30)32-20(2,3)4/h5-8,13H,9-12,14H2,1-4H3. The fraction of sp³-hybridized carbons (Fsp3) is 0.545. The van der Waals surface area contributed by atoms with Crippen molar-refractivity contribution in [2.24, 2.45) is 0 Å². The van der Waals surface area contributed by atoms with Gasteiger partial charge in [-0.05, 0) is 64.8 Å². The van der Waals surface area contributed by atoms with E-state index in [9.17, 15) is 18.0 Å². The number of hydrogen-bond donors (Lipinski definition) is 0. The van der Waals surface area contributed by atoms with Crippen LogP contribution in [0.3, 0.4) is 0 Å². The second-order valence-corrected chi connectivity index (χ2v) is 9.38. The van der Waals surface area contributed by atoms with Crippen molar-refractivity contribution in [1.82, 2.24) is 14.7 Å². The van der Waals surface area contributed by atoms with E-state index in [4.69, 9.17) is 4.74 Å². The van der Waals surface area contributed by atoms with Crippen LogP contribution in [0.25, 0.3) is 5.69 Å². The lowest BCUT2D eigenvalue weighted by molar-refractivity contribution is -0.274. The number of aryl methyl sites for hydroxylation is 1. The molecule has 1 saturated heterocycles. The molecule has 1 aliphatic heterocycles. The Kier molecular flexibility index (Phi) is 5.29. The molecule has 1 saturated carbocycles. The highest BCUT2D eigenvalue weighted by molar-refractivity contribution is 5.71. The van der Waals surface area contributed by atoms with E-state index < -0.39 is 12.0 Å². The summed E-state index contributed by atoms with van der Waals surface area (Å²) in [6.07, 6.45) is -3.17. The molecule has 0 bridgehead atoms. The molecule has 1 amide bonds. The number of anilines is 1. The van der Waals surface area contributed by atoms with Crippen LogP contribution in [0.5, 0.6) is 5.75 Å². The van der Waals surface area contributed by atoms with Crippen molar-refractivity contribution in [2.45, 2.75) is 58.0 Å². The number of amides is 1. The lowest BCUT2D eigenvalue weighted by Crippen LogP contribution is -2.58. The second-order valence-electron chi connectivity index (χ2n) is 9.38. The zero-order valence-corrected chi connectivity index (χ0v) is 18.6. The molecule has 2 heterocycles. The quantitative estimate of drug-likeness (QED) is 0.678. The summed E-state index contributed by atoms with van der Waals surface area (Å²) in [7, 11) is 0. The molecule has 1 aromatic heterocycles. The summed E-state index contributed by atoms with van der Waals surface area (Å²) in [4.78, 5) is 16.7. The third-order valence-corrected chi connectivity index (χ3v) is 5.61. The molecule has 7 nitrogen and oxygen atoms in total. The molecule has 2 aromatic rings. The molecule has 0 radical (unpaired) electrons. The van der Waals surface area contributed by atoms with E-state index >= 15 is 0 Å². The van der Waals surface area contributed by atoms with Crippen LogP contribution in [0.1, 0.15) is 39.3 Å². The summed E-state index contributed by atoms with van der Waals surface area (Å²) in [6, 6.07) is 7.55. The average Bonchev–Trinajstić information content (AvgIpc) is 3.30. The molecule has 0 atom stereocenters. The molecule has 2 aliphatic rings. The number of carbonyl (C=O) groups is 1. The Morgan fingerprint density at radius 1 is 1.09 bits per heavy atom. The average molecular weight is 452 g/mol. The van der Waals surface area contributed by atoms with E-state index in [0.717, 1.165) is 24.4 Å². The number of hydrogen-bond acceptors (Lipinski definition) is 5. The Bertz CT molecular complexity index is 991. The number of alkyl halides is 3. The first-order chi connectivity index (χ1) is 14.9. The van der Waals surface area contributed by atoms with Crippen LogP contribution in [0.2, 0.25) is 0 Å². The largest absolute Gasteiger partial charge is 0.573 e. The molecule has 1 spiro atoms. The van der Waals surface area contributed by atoms with Gasteiger partial charge in [-0.3, -0.25) is 4.90 Å². The molecule has 2 fully saturated rings. The van der Waals surface area contributed by atoms with E-state index in [1.165, 1.54) is 24.3 Å². The third kappa shape index (κ3) is 4.78. The van der Waals surface area contributed by atoms with E-state index in [1.54, 1.807) is 4.68 Å². The van der Waals surface area contributed by atoms with E-state index in [1.807, 2.05) is 38.7 Å². The van der Waals surface area contributed by atoms with Gasteiger partial charge in [0.15, 0.2) is 5.82 Å². The Morgan fingerprint density at radius 2 is 1.75 bits per heavy atom. The molecule has 0 N–H and O–H groups in total. The maximum absolute atomic E-state index is 12.7. The number of piperazine rings is 1. The van der Waals surface area contributed by atoms with Crippen LogP contribution in [0.15, 0.2) is 30.3 Å². The molecule has 32 heavy (non-hydrogen) atoms. The van der Waals surface area contributed by atoms with Crippen LogP contribution >= 0.6 is 0 Å². The van der Waals surface area contributed by atoms with Crippen LogP contribution in [-0.4, -0.2) is 57.9 Å². The molecule has 174 valence electrons. The van der Waals surface area contributed by atoms with Crippen molar-refractivity contribution < 1.29 is 27.4 Å². The highest BCUT2D eigenvalue weighted by Crippen LogP contribution is 2.45. The van der Waals surface area contributed by atoms with Crippen molar-refractivity contribution in [3.63, 3.8) is 0 Å².